The van der Waals surface area contributed by atoms with Gasteiger partial charge >= 0.3 is 5.97 Å². The lowest BCUT2D eigenvalue weighted by molar-refractivity contribution is 0.0696. The summed E-state index contributed by atoms with van der Waals surface area (Å²) in [6.07, 6.45) is 1.60. The maximum absolute atomic E-state index is 13.8. The molecule has 11 nitrogen and oxygen atoms in total. The Morgan fingerprint density at radius 3 is 2.08 bits per heavy atom. The second kappa shape index (κ2) is 12.3. The molecule has 49 heavy (non-hydrogen) atoms. The van der Waals surface area contributed by atoms with Crippen molar-refractivity contribution in [2.75, 3.05) is 0 Å². The minimum absolute atomic E-state index is 0.0294. The topological polar surface area (TPSA) is 185 Å². The highest BCUT2D eigenvalue weighted by atomic mass is 35.5. The number of amides is 1. The Hall–Kier alpha value is -6.46. The monoisotopic (exact) mass is 675 g/mol. The van der Waals surface area contributed by atoms with E-state index in [1.165, 1.54) is 42.5 Å². The molecule has 0 spiro atoms. The van der Waals surface area contributed by atoms with Crippen LogP contribution in [-0.2, 0) is 6.54 Å². The molecule has 0 bridgehead atoms. The summed E-state index contributed by atoms with van der Waals surface area (Å²) < 4.78 is 5.99. The van der Waals surface area contributed by atoms with Gasteiger partial charge in [-0.2, -0.15) is 5.10 Å². The first-order chi connectivity index (χ1) is 23.6. The highest BCUT2D eigenvalue weighted by Crippen LogP contribution is 2.50. The molecule has 244 valence electrons. The number of H-pyrrole nitrogens is 1. The van der Waals surface area contributed by atoms with E-state index in [9.17, 15) is 35.1 Å². The van der Waals surface area contributed by atoms with Crippen LogP contribution in [0.2, 0.25) is 5.02 Å². The number of aromatic carboxylic acids is 1. The Morgan fingerprint density at radius 1 is 0.776 bits per heavy atom. The molecule has 7 rings (SSSR count). The molecule has 1 aliphatic rings. The van der Waals surface area contributed by atoms with Crippen molar-refractivity contribution in [1.82, 2.24) is 15.5 Å². The maximum atomic E-state index is 13.8. The Morgan fingerprint density at radius 2 is 1.43 bits per heavy atom. The van der Waals surface area contributed by atoms with Gasteiger partial charge in [-0.15, -0.1) is 0 Å². The van der Waals surface area contributed by atoms with Crippen LogP contribution >= 0.6 is 11.6 Å². The lowest BCUT2D eigenvalue weighted by Gasteiger charge is -2.30. The van der Waals surface area contributed by atoms with Crippen molar-refractivity contribution in [3.05, 3.63) is 136 Å². The Labute approximate surface area is 283 Å². The van der Waals surface area contributed by atoms with E-state index in [1.807, 2.05) is 24.3 Å². The first-order valence-electron chi connectivity index (χ1n) is 14.9. The SMILES string of the molecule is O=C(O)c1ccc(C2c3ccc(O)cc3Oc3cc(O)ccc32)c(C(=O)NCc2ccc(-c3cn[nH]c3-c3cc(Cl)c(O)cc3O)cc2)c1. The van der Waals surface area contributed by atoms with Gasteiger partial charge in [0.1, 0.15) is 34.5 Å². The van der Waals surface area contributed by atoms with Crippen molar-refractivity contribution in [3.63, 3.8) is 0 Å². The third-order valence-corrected chi connectivity index (χ3v) is 8.69. The van der Waals surface area contributed by atoms with Crippen molar-refractivity contribution in [1.29, 1.82) is 0 Å². The molecule has 0 atom stereocenters. The van der Waals surface area contributed by atoms with Gasteiger partial charge in [-0.05, 0) is 47.0 Å². The smallest absolute Gasteiger partial charge is 0.335 e. The predicted molar refractivity (Wildman–Crippen MR) is 180 cm³/mol. The number of hydrogen-bond acceptors (Lipinski definition) is 8. The number of fused-ring (bicyclic) bond motifs is 2. The summed E-state index contributed by atoms with van der Waals surface area (Å²) >= 11 is 6.08. The second-order valence-electron chi connectivity index (χ2n) is 11.4. The molecular formula is C37H26ClN3O8. The van der Waals surface area contributed by atoms with E-state index < -0.39 is 17.8 Å². The van der Waals surface area contributed by atoms with Crippen LogP contribution in [0.5, 0.6) is 34.5 Å². The lowest BCUT2D eigenvalue weighted by Crippen LogP contribution is -2.26. The fourth-order valence-corrected chi connectivity index (χ4v) is 6.16. The number of aromatic hydroxyl groups is 4. The van der Waals surface area contributed by atoms with Crippen LogP contribution in [-0.4, -0.2) is 47.6 Å². The number of phenols is 4. The Bertz CT molecular complexity index is 2230. The first kappa shape index (κ1) is 31.2. The fourth-order valence-electron chi connectivity index (χ4n) is 6.00. The second-order valence-corrected chi connectivity index (χ2v) is 11.9. The molecule has 2 heterocycles. The zero-order chi connectivity index (χ0) is 34.4. The number of phenolic OH excluding ortho intramolecular Hbond substituents is 4. The highest BCUT2D eigenvalue weighted by Gasteiger charge is 2.32. The van der Waals surface area contributed by atoms with Crippen molar-refractivity contribution in [2.45, 2.75) is 12.5 Å². The minimum Gasteiger partial charge on any atom is -0.508 e. The zero-order valence-electron chi connectivity index (χ0n) is 25.3. The van der Waals surface area contributed by atoms with E-state index in [2.05, 4.69) is 15.5 Å². The number of ether oxygens (including phenoxy) is 1. The Balaban J connectivity index is 1.18. The van der Waals surface area contributed by atoms with Crippen LogP contribution in [0.1, 0.15) is 48.9 Å². The summed E-state index contributed by atoms with van der Waals surface area (Å²) in [4.78, 5) is 25.8. The molecule has 7 N–H and O–H groups in total. The van der Waals surface area contributed by atoms with Gasteiger partial charge in [0.05, 0.1) is 22.5 Å². The van der Waals surface area contributed by atoms with E-state index in [4.69, 9.17) is 16.3 Å². The maximum Gasteiger partial charge on any atom is 0.335 e. The number of carbonyl (C=O) groups is 2. The van der Waals surface area contributed by atoms with E-state index in [0.29, 0.717) is 45.0 Å². The number of carboxylic acid groups (broad SMARTS) is 1. The van der Waals surface area contributed by atoms with Gasteiger partial charge in [0.15, 0.2) is 0 Å². The van der Waals surface area contributed by atoms with E-state index in [1.54, 1.807) is 24.4 Å². The number of carbonyl (C=O) groups excluding carboxylic acids is 1. The molecule has 0 saturated carbocycles. The highest BCUT2D eigenvalue weighted by molar-refractivity contribution is 6.32. The summed E-state index contributed by atoms with van der Waals surface area (Å²) in [6.45, 7) is 0.116. The average Bonchev–Trinajstić information content (AvgIpc) is 3.57. The molecule has 1 aliphatic heterocycles. The number of nitrogens with one attached hydrogen (secondary N) is 2. The zero-order valence-corrected chi connectivity index (χ0v) is 26.1. The van der Waals surface area contributed by atoms with Crippen LogP contribution in [0.25, 0.3) is 22.4 Å². The average molecular weight is 676 g/mol. The summed E-state index contributed by atoms with van der Waals surface area (Å²) in [5.74, 6) is -2.11. The largest absolute Gasteiger partial charge is 0.508 e. The van der Waals surface area contributed by atoms with Gasteiger partial charge in [0.25, 0.3) is 5.91 Å². The number of halogens is 1. The summed E-state index contributed by atoms with van der Waals surface area (Å²) in [6, 6.07) is 23.5. The van der Waals surface area contributed by atoms with E-state index in [0.717, 1.165) is 17.2 Å². The van der Waals surface area contributed by atoms with Crippen LogP contribution in [0.15, 0.2) is 97.2 Å². The van der Waals surface area contributed by atoms with Gasteiger partial charge in [0.2, 0.25) is 0 Å². The van der Waals surface area contributed by atoms with Crippen LogP contribution < -0.4 is 10.1 Å². The number of rotatable bonds is 7. The third kappa shape index (κ3) is 5.83. The van der Waals surface area contributed by atoms with E-state index >= 15 is 0 Å². The number of carboxylic acids is 1. The van der Waals surface area contributed by atoms with Crippen LogP contribution in [0.3, 0.4) is 0 Å². The molecule has 0 aliphatic carbocycles. The number of hydrogen-bond donors (Lipinski definition) is 7. The van der Waals surface area contributed by atoms with Crippen LogP contribution in [0, 0.1) is 0 Å². The standard InChI is InChI=1S/C37H26ClN3O8/c38-29-14-27(30(44)15-31(29)45)35-28(17-40-41-35)19-3-1-18(2-4-19)16-39-36(46)26-11-20(37(47)48)5-8-23(26)34-24-9-6-21(42)12-32(24)49-33-13-22(43)7-10-25(33)34/h1-15,17,34,42-45H,16H2,(H,39,46)(H,40,41)(H,47,48). The van der Waals surface area contributed by atoms with Gasteiger partial charge in [0, 0.05) is 58.5 Å². The van der Waals surface area contributed by atoms with Crippen molar-refractivity contribution in [3.8, 4) is 56.9 Å². The Kier molecular flexibility index (Phi) is 7.81. The summed E-state index contributed by atoms with van der Waals surface area (Å²) in [7, 11) is 0. The number of benzene rings is 5. The summed E-state index contributed by atoms with van der Waals surface area (Å²) in [5.41, 5.74) is 4.88. The number of aromatic amines is 1. The van der Waals surface area contributed by atoms with Gasteiger partial charge < -0.3 is 35.6 Å². The first-order valence-corrected chi connectivity index (χ1v) is 15.3. The molecule has 12 heteroatoms. The van der Waals surface area contributed by atoms with Crippen molar-refractivity contribution < 1.29 is 39.9 Å². The van der Waals surface area contributed by atoms with Gasteiger partial charge in [-0.3, -0.25) is 9.89 Å². The molecule has 0 fully saturated rings. The minimum atomic E-state index is -1.19. The fraction of sp³-hybridized carbons (Fsp3) is 0.0541. The lowest BCUT2D eigenvalue weighted by atomic mass is 9.80. The van der Waals surface area contributed by atoms with E-state index in [-0.39, 0.29) is 45.7 Å². The van der Waals surface area contributed by atoms with Crippen molar-refractivity contribution >= 4 is 23.5 Å². The normalized spacial score (nSPS) is 12.1. The molecule has 1 amide bonds. The number of nitrogens with zero attached hydrogens (tertiary/aromatic N) is 1. The molecule has 1 aromatic heterocycles. The molecule has 6 aromatic rings. The molecular weight excluding hydrogens is 650 g/mol. The van der Waals surface area contributed by atoms with Gasteiger partial charge in [-0.1, -0.05) is 54.1 Å². The molecule has 0 unspecified atom stereocenters. The van der Waals surface area contributed by atoms with Crippen molar-refractivity contribution in [2.24, 2.45) is 0 Å². The molecule has 0 radical (unpaired) electrons. The van der Waals surface area contributed by atoms with Crippen LogP contribution in [0.4, 0.5) is 0 Å². The third-order valence-electron chi connectivity index (χ3n) is 8.38. The predicted octanol–water partition coefficient (Wildman–Crippen LogP) is 7.13. The molecule has 5 aromatic carbocycles. The van der Waals surface area contributed by atoms with Gasteiger partial charge in [-0.25, -0.2) is 4.79 Å². The quantitative estimate of drug-likeness (QED) is 0.0922. The molecule has 0 saturated heterocycles. The summed E-state index contributed by atoms with van der Waals surface area (Å²) in [5, 5.41) is 60.3. The number of aromatic nitrogens is 2.